The highest BCUT2D eigenvalue weighted by molar-refractivity contribution is 7.89. The summed E-state index contributed by atoms with van der Waals surface area (Å²) in [5.74, 6) is -0.340. The summed E-state index contributed by atoms with van der Waals surface area (Å²) in [6.07, 6.45) is 1.34. The van der Waals surface area contributed by atoms with Crippen molar-refractivity contribution in [1.82, 2.24) is 19.6 Å². The number of imidazole rings is 1. The van der Waals surface area contributed by atoms with Crippen molar-refractivity contribution in [3.8, 4) is 0 Å². The van der Waals surface area contributed by atoms with Crippen molar-refractivity contribution in [1.29, 1.82) is 0 Å². The number of carbonyl (C=O) groups excluding carboxylic acids is 1. The van der Waals surface area contributed by atoms with Crippen LogP contribution in [0.15, 0.2) is 11.4 Å². The predicted octanol–water partition coefficient (Wildman–Crippen LogP) is -1.57. The van der Waals surface area contributed by atoms with E-state index in [0.29, 0.717) is 13.2 Å². The number of nitrogens with zero attached hydrogens (tertiary/aromatic N) is 2. The van der Waals surface area contributed by atoms with E-state index >= 15 is 0 Å². The average molecular weight is 305 g/mol. The standard InChI is InChI=1S/C10H19N5O4S/c1-15-7-13-9(11)10(15)20(17,18)14-4-3-8(16)12-5-6-19-2/h7,14H,3-6,11H2,1-2H3,(H,12,16). The fourth-order valence-corrected chi connectivity index (χ4v) is 2.77. The highest BCUT2D eigenvalue weighted by Gasteiger charge is 2.21. The second kappa shape index (κ2) is 7.22. The van der Waals surface area contributed by atoms with E-state index in [2.05, 4.69) is 15.0 Å². The van der Waals surface area contributed by atoms with E-state index in [1.54, 1.807) is 0 Å². The van der Waals surface area contributed by atoms with Crippen LogP contribution in [0, 0.1) is 0 Å². The Labute approximate surface area is 117 Å². The molecule has 0 bridgehead atoms. The van der Waals surface area contributed by atoms with Gasteiger partial charge in [-0.2, -0.15) is 0 Å². The van der Waals surface area contributed by atoms with Crippen LogP contribution < -0.4 is 15.8 Å². The van der Waals surface area contributed by atoms with Gasteiger partial charge in [-0.1, -0.05) is 0 Å². The van der Waals surface area contributed by atoms with E-state index in [0.717, 1.165) is 0 Å². The Morgan fingerprint density at radius 3 is 2.75 bits per heavy atom. The SMILES string of the molecule is COCCNC(=O)CCNS(=O)(=O)c1c(N)ncn1C. The molecular formula is C10H19N5O4S. The van der Waals surface area contributed by atoms with Crippen molar-refractivity contribution in [3.63, 3.8) is 0 Å². The quantitative estimate of drug-likeness (QED) is 0.498. The van der Waals surface area contributed by atoms with Crippen molar-refractivity contribution in [3.05, 3.63) is 6.33 Å². The van der Waals surface area contributed by atoms with Gasteiger partial charge in [-0.3, -0.25) is 4.79 Å². The summed E-state index contributed by atoms with van der Waals surface area (Å²) < 4.78 is 32.3. The molecule has 10 heteroatoms. The molecule has 0 aliphatic carbocycles. The maximum atomic E-state index is 12.0. The fraction of sp³-hybridized carbons (Fsp3) is 0.600. The normalized spacial score (nSPS) is 11.5. The summed E-state index contributed by atoms with van der Waals surface area (Å²) in [5, 5.41) is 2.47. The van der Waals surface area contributed by atoms with Crippen LogP contribution in [-0.2, 0) is 26.6 Å². The number of amides is 1. The summed E-state index contributed by atoms with van der Waals surface area (Å²) in [7, 11) is -0.729. The average Bonchev–Trinajstić information content (AvgIpc) is 2.69. The van der Waals surface area contributed by atoms with Gasteiger partial charge in [0.1, 0.15) is 0 Å². The smallest absolute Gasteiger partial charge is 0.260 e. The molecule has 1 rings (SSSR count). The lowest BCUT2D eigenvalue weighted by Crippen LogP contribution is -2.33. The van der Waals surface area contributed by atoms with Gasteiger partial charge in [-0.05, 0) is 0 Å². The van der Waals surface area contributed by atoms with E-state index in [1.165, 1.54) is 25.1 Å². The molecule has 0 atom stereocenters. The topological polar surface area (TPSA) is 128 Å². The number of aromatic nitrogens is 2. The second-order valence-corrected chi connectivity index (χ2v) is 5.72. The molecule has 0 aliphatic heterocycles. The molecule has 9 nitrogen and oxygen atoms in total. The number of anilines is 1. The van der Waals surface area contributed by atoms with Crippen molar-refractivity contribution < 1.29 is 17.9 Å². The van der Waals surface area contributed by atoms with E-state index in [4.69, 9.17) is 10.5 Å². The molecule has 0 saturated carbocycles. The van der Waals surface area contributed by atoms with Gasteiger partial charge < -0.3 is 20.4 Å². The summed E-state index contributed by atoms with van der Waals surface area (Å²) in [6.45, 7) is 0.769. The maximum Gasteiger partial charge on any atom is 0.260 e. The number of nitrogen functional groups attached to an aromatic ring is 1. The fourth-order valence-electron chi connectivity index (χ4n) is 1.51. The minimum atomic E-state index is -3.78. The van der Waals surface area contributed by atoms with Crippen molar-refractivity contribution in [2.45, 2.75) is 11.4 Å². The number of nitrogens with two attached hydrogens (primary N) is 1. The molecule has 0 aliphatic rings. The first-order valence-electron chi connectivity index (χ1n) is 5.90. The second-order valence-electron chi connectivity index (χ2n) is 4.04. The lowest BCUT2D eigenvalue weighted by molar-refractivity contribution is -0.121. The lowest BCUT2D eigenvalue weighted by atomic mass is 10.4. The number of rotatable bonds is 8. The van der Waals surface area contributed by atoms with Gasteiger partial charge in [-0.25, -0.2) is 18.1 Å². The van der Waals surface area contributed by atoms with Crippen LogP contribution in [-0.4, -0.2) is 50.7 Å². The molecule has 0 fully saturated rings. The van der Waals surface area contributed by atoms with Crippen LogP contribution >= 0.6 is 0 Å². The molecule has 4 N–H and O–H groups in total. The third kappa shape index (κ3) is 4.47. The van der Waals surface area contributed by atoms with Crippen LogP contribution in [0.2, 0.25) is 0 Å². The van der Waals surface area contributed by atoms with Crippen molar-refractivity contribution in [2.75, 3.05) is 32.5 Å². The zero-order chi connectivity index (χ0) is 15.2. The van der Waals surface area contributed by atoms with Crippen LogP contribution in [0.4, 0.5) is 5.82 Å². The van der Waals surface area contributed by atoms with Gasteiger partial charge >= 0.3 is 0 Å². The molecular weight excluding hydrogens is 286 g/mol. The minimum Gasteiger partial charge on any atom is -0.383 e. The van der Waals surface area contributed by atoms with Crippen LogP contribution in [0.3, 0.4) is 0 Å². The Morgan fingerprint density at radius 2 is 2.20 bits per heavy atom. The number of aryl methyl sites for hydroxylation is 1. The van der Waals surface area contributed by atoms with Crippen LogP contribution in [0.25, 0.3) is 0 Å². The zero-order valence-electron chi connectivity index (χ0n) is 11.4. The summed E-state index contributed by atoms with van der Waals surface area (Å²) in [4.78, 5) is 15.1. The largest absolute Gasteiger partial charge is 0.383 e. The third-order valence-corrected chi connectivity index (χ3v) is 4.03. The molecule has 0 aromatic carbocycles. The zero-order valence-corrected chi connectivity index (χ0v) is 12.2. The number of methoxy groups -OCH3 is 1. The molecule has 0 spiro atoms. The molecule has 0 saturated heterocycles. The summed E-state index contributed by atoms with van der Waals surface area (Å²) in [5.41, 5.74) is 5.50. The molecule has 1 amide bonds. The Hall–Kier alpha value is -1.65. The number of hydrogen-bond acceptors (Lipinski definition) is 6. The Morgan fingerprint density at radius 1 is 1.50 bits per heavy atom. The van der Waals surface area contributed by atoms with Gasteiger partial charge in [0.05, 0.1) is 12.9 Å². The number of carbonyl (C=O) groups is 1. The van der Waals surface area contributed by atoms with E-state index in [1.807, 2.05) is 0 Å². The van der Waals surface area contributed by atoms with Gasteiger partial charge in [-0.15, -0.1) is 0 Å². The highest BCUT2D eigenvalue weighted by Crippen LogP contribution is 2.14. The summed E-state index contributed by atoms with van der Waals surface area (Å²) >= 11 is 0. The Balaban J connectivity index is 2.47. The Kier molecular flexibility index (Phi) is 5.92. The Bertz CT molecular complexity index is 534. The number of sulfonamides is 1. The molecule has 20 heavy (non-hydrogen) atoms. The highest BCUT2D eigenvalue weighted by atomic mass is 32.2. The van der Waals surface area contributed by atoms with Gasteiger partial charge in [0.15, 0.2) is 10.8 Å². The lowest BCUT2D eigenvalue weighted by Gasteiger charge is -2.08. The van der Waals surface area contributed by atoms with E-state index in [-0.39, 0.29) is 29.7 Å². The molecule has 114 valence electrons. The first-order valence-corrected chi connectivity index (χ1v) is 7.39. The minimum absolute atomic E-state index is 0.0221. The first-order chi connectivity index (χ1) is 9.38. The van der Waals surface area contributed by atoms with Gasteiger partial charge in [0, 0.05) is 33.7 Å². The molecule has 0 unspecified atom stereocenters. The third-order valence-electron chi connectivity index (χ3n) is 2.44. The van der Waals surface area contributed by atoms with Crippen molar-refractivity contribution in [2.24, 2.45) is 7.05 Å². The van der Waals surface area contributed by atoms with E-state index in [9.17, 15) is 13.2 Å². The van der Waals surface area contributed by atoms with Gasteiger partial charge in [0.2, 0.25) is 5.91 Å². The van der Waals surface area contributed by atoms with Gasteiger partial charge in [0.25, 0.3) is 10.0 Å². The number of nitrogens with one attached hydrogen (secondary N) is 2. The monoisotopic (exact) mass is 305 g/mol. The number of ether oxygens (including phenoxy) is 1. The molecule has 1 aromatic rings. The number of hydrogen-bond donors (Lipinski definition) is 3. The predicted molar refractivity (Wildman–Crippen MR) is 72.3 cm³/mol. The summed E-state index contributed by atoms with van der Waals surface area (Å²) in [6, 6.07) is 0. The molecule has 1 aromatic heterocycles. The molecule has 0 radical (unpaired) electrons. The molecule has 1 heterocycles. The van der Waals surface area contributed by atoms with E-state index < -0.39 is 10.0 Å². The van der Waals surface area contributed by atoms with Crippen LogP contribution in [0.5, 0.6) is 0 Å². The first kappa shape index (κ1) is 16.4. The maximum absolute atomic E-state index is 12.0. The van der Waals surface area contributed by atoms with Crippen LogP contribution in [0.1, 0.15) is 6.42 Å². The van der Waals surface area contributed by atoms with Crippen molar-refractivity contribution >= 4 is 21.7 Å².